The van der Waals surface area contributed by atoms with Crippen LogP contribution < -0.4 is 10.1 Å². The lowest BCUT2D eigenvalue weighted by molar-refractivity contribution is 0.242. The molecule has 2 rings (SSSR count). The molecule has 1 N–H and O–H groups in total. The predicted octanol–water partition coefficient (Wildman–Crippen LogP) is 1.84. The molecule has 3 heteroatoms. The summed E-state index contributed by atoms with van der Waals surface area (Å²) in [5.41, 5.74) is 2.66. The summed E-state index contributed by atoms with van der Waals surface area (Å²) < 4.78 is 5.70. The average molecular weight is 248 g/mol. The van der Waals surface area contributed by atoms with Crippen LogP contribution in [0, 0.1) is 6.92 Å². The molecular formula is C15H24N2O. The predicted molar refractivity (Wildman–Crippen MR) is 75.4 cm³/mol. The highest BCUT2D eigenvalue weighted by Crippen LogP contribution is 2.21. The SMILES string of the molecule is CCOc1ccc(C)cc1CCN1CCNCC1. The molecule has 0 aromatic heterocycles. The first-order valence-corrected chi connectivity index (χ1v) is 6.95. The average Bonchev–Trinajstić information content (AvgIpc) is 2.40. The Morgan fingerprint density at radius 2 is 2.06 bits per heavy atom. The van der Waals surface area contributed by atoms with E-state index in [4.69, 9.17) is 4.74 Å². The van der Waals surface area contributed by atoms with E-state index in [-0.39, 0.29) is 0 Å². The lowest BCUT2D eigenvalue weighted by Gasteiger charge is -2.27. The van der Waals surface area contributed by atoms with Crippen LogP contribution in [0.5, 0.6) is 5.75 Å². The van der Waals surface area contributed by atoms with Crippen LogP contribution in [0.4, 0.5) is 0 Å². The Hall–Kier alpha value is -1.06. The largest absolute Gasteiger partial charge is 0.494 e. The van der Waals surface area contributed by atoms with Gasteiger partial charge in [0.25, 0.3) is 0 Å². The molecule has 100 valence electrons. The molecule has 18 heavy (non-hydrogen) atoms. The van der Waals surface area contributed by atoms with Gasteiger partial charge in [-0.15, -0.1) is 0 Å². The van der Waals surface area contributed by atoms with Crippen molar-refractivity contribution in [1.82, 2.24) is 10.2 Å². The molecular weight excluding hydrogens is 224 g/mol. The number of rotatable bonds is 5. The van der Waals surface area contributed by atoms with Gasteiger partial charge in [-0.2, -0.15) is 0 Å². The summed E-state index contributed by atoms with van der Waals surface area (Å²) in [5, 5.41) is 3.39. The second-order valence-corrected chi connectivity index (χ2v) is 4.89. The molecule has 0 spiro atoms. The minimum absolute atomic E-state index is 0.740. The fraction of sp³-hybridized carbons (Fsp3) is 0.600. The van der Waals surface area contributed by atoms with Gasteiger partial charge in [0.05, 0.1) is 6.61 Å². The van der Waals surface area contributed by atoms with Crippen LogP contribution in [0.1, 0.15) is 18.1 Å². The van der Waals surface area contributed by atoms with Crippen molar-refractivity contribution in [2.24, 2.45) is 0 Å². The number of hydrogen-bond acceptors (Lipinski definition) is 3. The van der Waals surface area contributed by atoms with Crippen LogP contribution in [0.25, 0.3) is 0 Å². The van der Waals surface area contributed by atoms with E-state index in [0.29, 0.717) is 0 Å². The Kier molecular flexibility index (Phi) is 5.02. The molecule has 0 saturated carbocycles. The Balaban J connectivity index is 1.95. The quantitative estimate of drug-likeness (QED) is 0.860. The van der Waals surface area contributed by atoms with E-state index < -0.39 is 0 Å². The number of nitrogens with zero attached hydrogens (tertiary/aromatic N) is 1. The van der Waals surface area contributed by atoms with Gasteiger partial charge in [-0.3, -0.25) is 0 Å². The smallest absolute Gasteiger partial charge is 0.122 e. The minimum atomic E-state index is 0.740. The van der Waals surface area contributed by atoms with Crippen molar-refractivity contribution in [2.75, 3.05) is 39.3 Å². The summed E-state index contributed by atoms with van der Waals surface area (Å²) in [4.78, 5) is 2.52. The third-order valence-corrected chi connectivity index (χ3v) is 3.42. The molecule has 1 aromatic carbocycles. The number of benzene rings is 1. The van der Waals surface area contributed by atoms with E-state index >= 15 is 0 Å². The summed E-state index contributed by atoms with van der Waals surface area (Å²) in [6.07, 6.45) is 1.08. The molecule has 0 radical (unpaired) electrons. The van der Waals surface area contributed by atoms with Crippen LogP contribution in [0.2, 0.25) is 0 Å². The van der Waals surface area contributed by atoms with Crippen molar-refractivity contribution in [2.45, 2.75) is 20.3 Å². The standard InChI is InChI=1S/C15H24N2O/c1-3-18-15-5-4-13(2)12-14(15)6-9-17-10-7-16-8-11-17/h4-5,12,16H,3,6-11H2,1-2H3. The van der Waals surface area contributed by atoms with Crippen LogP contribution >= 0.6 is 0 Å². The molecule has 1 aliphatic heterocycles. The van der Waals surface area contributed by atoms with Gasteiger partial charge in [0.2, 0.25) is 0 Å². The lowest BCUT2D eigenvalue weighted by atomic mass is 10.1. The number of aryl methyl sites for hydroxylation is 1. The van der Waals surface area contributed by atoms with Gasteiger partial charge in [0.15, 0.2) is 0 Å². The third kappa shape index (κ3) is 3.72. The monoisotopic (exact) mass is 248 g/mol. The highest BCUT2D eigenvalue weighted by molar-refractivity contribution is 5.37. The lowest BCUT2D eigenvalue weighted by Crippen LogP contribution is -2.44. The van der Waals surface area contributed by atoms with Gasteiger partial charge < -0.3 is 15.0 Å². The number of ether oxygens (including phenoxy) is 1. The molecule has 0 atom stereocenters. The van der Waals surface area contributed by atoms with Gasteiger partial charge in [-0.25, -0.2) is 0 Å². The fourth-order valence-electron chi connectivity index (χ4n) is 2.41. The van der Waals surface area contributed by atoms with Crippen molar-refractivity contribution in [3.8, 4) is 5.75 Å². The zero-order chi connectivity index (χ0) is 12.8. The van der Waals surface area contributed by atoms with E-state index in [0.717, 1.165) is 51.5 Å². The minimum Gasteiger partial charge on any atom is -0.494 e. The van der Waals surface area contributed by atoms with E-state index in [1.54, 1.807) is 0 Å². The van der Waals surface area contributed by atoms with Crippen molar-refractivity contribution >= 4 is 0 Å². The van der Waals surface area contributed by atoms with Gasteiger partial charge in [-0.05, 0) is 31.9 Å². The van der Waals surface area contributed by atoms with Gasteiger partial charge in [0.1, 0.15) is 5.75 Å². The first-order chi connectivity index (χ1) is 8.79. The van der Waals surface area contributed by atoms with Crippen molar-refractivity contribution in [3.05, 3.63) is 29.3 Å². The Bertz CT molecular complexity index is 373. The summed E-state index contributed by atoms with van der Waals surface area (Å²) in [5.74, 6) is 1.05. The highest BCUT2D eigenvalue weighted by Gasteiger charge is 2.11. The molecule has 1 saturated heterocycles. The number of nitrogens with one attached hydrogen (secondary N) is 1. The second-order valence-electron chi connectivity index (χ2n) is 4.89. The summed E-state index contributed by atoms with van der Waals surface area (Å²) in [6, 6.07) is 6.48. The van der Waals surface area contributed by atoms with Crippen LogP contribution in [0.15, 0.2) is 18.2 Å². The number of piperazine rings is 1. The molecule has 0 amide bonds. The van der Waals surface area contributed by atoms with Gasteiger partial charge >= 0.3 is 0 Å². The summed E-state index contributed by atoms with van der Waals surface area (Å²) >= 11 is 0. The molecule has 0 bridgehead atoms. The van der Waals surface area contributed by atoms with E-state index in [1.165, 1.54) is 11.1 Å². The molecule has 1 aromatic rings. The maximum atomic E-state index is 5.70. The van der Waals surface area contributed by atoms with Gasteiger partial charge in [0, 0.05) is 32.7 Å². The second kappa shape index (κ2) is 6.76. The Morgan fingerprint density at radius 1 is 1.28 bits per heavy atom. The Morgan fingerprint density at radius 3 is 2.78 bits per heavy atom. The van der Waals surface area contributed by atoms with Crippen molar-refractivity contribution in [1.29, 1.82) is 0 Å². The van der Waals surface area contributed by atoms with Gasteiger partial charge in [-0.1, -0.05) is 17.7 Å². The van der Waals surface area contributed by atoms with Crippen LogP contribution in [-0.4, -0.2) is 44.2 Å². The third-order valence-electron chi connectivity index (χ3n) is 3.42. The summed E-state index contributed by atoms with van der Waals surface area (Å²) in [7, 11) is 0. The zero-order valence-corrected chi connectivity index (χ0v) is 11.5. The van der Waals surface area contributed by atoms with E-state index in [1.807, 2.05) is 6.92 Å². The van der Waals surface area contributed by atoms with Crippen molar-refractivity contribution in [3.63, 3.8) is 0 Å². The molecule has 1 aliphatic rings. The van der Waals surface area contributed by atoms with E-state index in [9.17, 15) is 0 Å². The molecule has 1 heterocycles. The topological polar surface area (TPSA) is 24.5 Å². The molecule has 0 aliphatic carbocycles. The summed E-state index contributed by atoms with van der Waals surface area (Å²) in [6.45, 7) is 10.6. The van der Waals surface area contributed by atoms with E-state index in [2.05, 4.69) is 35.3 Å². The Labute approximate surface area is 110 Å². The normalized spacial score (nSPS) is 16.8. The van der Waals surface area contributed by atoms with Crippen LogP contribution in [0.3, 0.4) is 0 Å². The first kappa shape index (κ1) is 13.4. The highest BCUT2D eigenvalue weighted by atomic mass is 16.5. The first-order valence-electron chi connectivity index (χ1n) is 6.95. The molecule has 3 nitrogen and oxygen atoms in total. The molecule has 0 unspecified atom stereocenters. The molecule has 1 fully saturated rings. The number of hydrogen-bond donors (Lipinski definition) is 1. The maximum Gasteiger partial charge on any atom is 0.122 e. The zero-order valence-electron chi connectivity index (χ0n) is 11.5. The maximum absolute atomic E-state index is 5.70. The van der Waals surface area contributed by atoms with Crippen molar-refractivity contribution < 1.29 is 4.74 Å². The van der Waals surface area contributed by atoms with Crippen LogP contribution in [-0.2, 0) is 6.42 Å². The fourth-order valence-corrected chi connectivity index (χ4v) is 2.41.